The molecule has 0 aliphatic rings. The summed E-state index contributed by atoms with van der Waals surface area (Å²) in [6, 6.07) is 6.30. The molecule has 4 nitrogen and oxygen atoms in total. The number of aryl methyl sites for hydroxylation is 1. The monoisotopic (exact) mass is 529 g/mol. The van der Waals surface area contributed by atoms with Gasteiger partial charge >= 0.3 is 0 Å². The summed E-state index contributed by atoms with van der Waals surface area (Å²) >= 11 is 0. The average molecular weight is 530 g/mol. The van der Waals surface area contributed by atoms with Crippen molar-refractivity contribution in [3.63, 3.8) is 0 Å². The van der Waals surface area contributed by atoms with Gasteiger partial charge in [0.15, 0.2) is 0 Å². The number of methoxy groups -OCH3 is 1. The molecule has 39 heavy (non-hydrogen) atoms. The van der Waals surface area contributed by atoms with Gasteiger partial charge in [-0.25, -0.2) is 0 Å². The molecule has 1 unspecified atom stereocenters. The third kappa shape index (κ3) is 13.8. The molecule has 0 bridgehead atoms. The van der Waals surface area contributed by atoms with E-state index in [1.807, 2.05) is 57.4 Å². The Morgan fingerprint density at radius 1 is 1.18 bits per heavy atom. The van der Waals surface area contributed by atoms with Crippen molar-refractivity contribution in [2.24, 2.45) is 10.7 Å². The first kappa shape index (κ1) is 35.6. The zero-order valence-corrected chi connectivity index (χ0v) is 25.9. The van der Waals surface area contributed by atoms with E-state index in [1.165, 1.54) is 11.1 Å². The molecule has 0 aromatic heterocycles. The van der Waals surface area contributed by atoms with Crippen LogP contribution in [0.4, 0.5) is 0 Å². The van der Waals surface area contributed by atoms with Gasteiger partial charge in [0.1, 0.15) is 5.75 Å². The minimum Gasteiger partial charge on any atom is -0.496 e. The van der Waals surface area contributed by atoms with Crippen LogP contribution >= 0.6 is 0 Å². The summed E-state index contributed by atoms with van der Waals surface area (Å²) in [5.41, 5.74) is 13.6. The summed E-state index contributed by atoms with van der Waals surface area (Å²) in [6.45, 7) is 21.0. The van der Waals surface area contributed by atoms with Gasteiger partial charge in [0.05, 0.1) is 13.2 Å². The smallest absolute Gasteiger partial charge is 0.122 e. The lowest BCUT2D eigenvalue weighted by atomic mass is 9.97. The van der Waals surface area contributed by atoms with Crippen molar-refractivity contribution < 1.29 is 4.74 Å². The van der Waals surface area contributed by atoms with Gasteiger partial charge in [-0.2, -0.15) is 0 Å². The van der Waals surface area contributed by atoms with Gasteiger partial charge in [-0.1, -0.05) is 81.5 Å². The summed E-state index contributed by atoms with van der Waals surface area (Å²) in [5.74, 6) is 7.01. The number of rotatable bonds is 12. The first-order valence-corrected chi connectivity index (χ1v) is 13.9. The Bertz CT molecular complexity index is 1150. The van der Waals surface area contributed by atoms with Crippen LogP contribution in [0.2, 0.25) is 0 Å². The van der Waals surface area contributed by atoms with Gasteiger partial charge in [0, 0.05) is 24.9 Å². The van der Waals surface area contributed by atoms with Crippen LogP contribution in [0.3, 0.4) is 0 Å². The summed E-state index contributed by atoms with van der Waals surface area (Å²) in [7, 11) is 1.70. The number of ether oxygens (including phenoxy) is 1. The third-order valence-electron chi connectivity index (χ3n) is 5.99. The number of nitrogens with two attached hydrogens (primary N) is 1. The van der Waals surface area contributed by atoms with Crippen molar-refractivity contribution >= 4 is 11.9 Å². The molecule has 0 aliphatic carbocycles. The van der Waals surface area contributed by atoms with E-state index < -0.39 is 0 Å². The first-order chi connectivity index (χ1) is 18.6. The molecule has 0 saturated heterocycles. The normalized spacial score (nSPS) is 12.4. The summed E-state index contributed by atoms with van der Waals surface area (Å²) in [6.07, 6.45) is 13.8. The molecular formula is C35H51N3O. The fourth-order valence-electron chi connectivity index (χ4n) is 3.86. The van der Waals surface area contributed by atoms with E-state index in [1.54, 1.807) is 14.0 Å². The highest BCUT2D eigenvalue weighted by Gasteiger charge is 2.06. The SMILES string of the molecule is C=C(/C=C(C)\C(=C/C)C(C)=N)C(C=NC(/C=C\C#CCC)CC)=C(C)C.CCCc1ccc(CN)cc1OC. The van der Waals surface area contributed by atoms with Crippen LogP contribution < -0.4 is 10.5 Å². The van der Waals surface area contributed by atoms with Crippen LogP contribution in [0.15, 0.2) is 81.9 Å². The zero-order valence-electron chi connectivity index (χ0n) is 25.9. The maximum absolute atomic E-state index is 7.88. The van der Waals surface area contributed by atoms with Crippen LogP contribution in [-0.2, 0) is 13.0 Å². The van der Waals surface area contributed by atoms with Crippen LogP contribution in [-0.4, -0.2) is 25.1 Å². The molecule has 0 radical (unpaired) electrons. The topological polar surface area (TPSA) is 71.5 Å². The number of nitrogens with zero attached hydrogens (tertiary/aromatic N) is 1. The Morgan fingerprint density at radius 2 is 1.87 bits per heavy atom. The maximum atomic E-state index is 7.88. The van der Waals surface area contributed by atoms with Crippen LogP contribution in [0.5, 0.6) is 5.75 Å². The standard InChI is InChI=1S/C24H34N2.C11H17NO/c1-9-12-13-14-15-22(10-2)26-17-24(18(4)5)20(7)16-19(6)23(11-3)21(8)25;1-3-4-10-6-5-9(8-12)7-11(10)13-2/h11,14-17,22,25H,7,9-10H2,1-6,8H3;5-7H,3-4,8,12H2,1-2H3/b15-14-,19-16-,23-11+,25-21?,26-17?;. The first-order valence-electron chi connectivity index (χ1n) is 13.9. The van der Waals surface area contributed by atoms with E-state index in [4.69, 9.17) is 20.9 Å². The van der Waals surface area contributed by atoms with Gasteiger partial charge in [-0.05, 0) is 93.0 Å². The number of nitrogens with one attached hydrogen (secondary N) is 1. The van der Waals surface area contributed by atoms with Gasteiger partial charge in [0.2, 0.25) is 0 Å². The molecule has 0 heterocycles. The molecule has 0 aliphatic heterocycles. The molecule has 1 aromatic carbocycles. The molecule has 4 heteroatoms. The Labute approximate surface area is 239 Å². The third-order valence-corrected chi connectivity index (χ3v) is 5.99. The molecule has 0 spiro atoms. The second-order valence-corrected chi connectivity index (χ2v) is 9.48. The van der Waals surface area contributed by atoms with Crippen molar-refractivity contribution in [2.45, 2.75) is 93.7 Å². The fraction of sp³-hybridized carbons (Fsp3) is 0.429. The molecule has 0 amide bonds. The van der Waals surface area contributed by atoms with Gasteiger partial charge < -0.3 is 15.9 Å². The summed E-state index contributed by atoms with van der Waals surface area (Å²) in [5, 5.41) is 7.88. The molecular weight excluding hydrogens is 478 g/mol. The fourth-order valence-corrected chi connectivity index (χ4v) is 3.86. The van der Waals surface area contributed by atoms with Crippen molar-refractivity contribution in [3.8, 4) is 17.6 Å². The molecule has 0 fully saturated rings. The van der Waals surface area contributed by atoms with Gasteiger partial charge in [0.25, 0.3) is 0 Å². The summed E-state index contributed by atoms with van der Waals surface area (Å²) < 4.78 is 5.28. The van der Waals surface area contributed by atoms with E-state index in [-0.39, 0.29) is 6.04 Å². The second kappa shape index (κ2) is 20.5. The lowest BCUT2D eigenvalue weighted by Gasteiger charge is -2.10. The number of hydrogen-bond donors (Lipinski definition) is 2. The Balaban J connectivity index is 0.000000921. The summed E-state index contributed by atoms with van der Waals surface area (Å²) in [4.78, 5) is 4.71. The molecule has 212 valence electrons. The van der Waals surface area contributed by atoms with Crippen molar-refractivity contribution in [1.29, 1.82) is 5.41 Å². The van der Waals surface area contributed by atoms with Gasteiger partial charge in [-0.3, -0.25) is 4.99 Å². The quantitative estimate of drug-likeness (QED) is 0.161. The van der Waals surface area contributed by atoms with E-state index in [0.29, 0.717) is 12.3 Å². The highest BCUT2D eigenvalue weighted by atomic mass is 16.5. The highest BCUT2D eigenvalue weighted by Crippen LogP contribution is 2.21. The maximum Gasteiger partial charge on any atom is 0.122 e. The Hall–Kier alpha value is -3.42. The number of aliphatic imine (C=N–C) groups is 1. The van der Waals surface area contributed by atoms with Gasteiger partial charge in [-0.15, -0.1) is 0 Å². The molecule has 1 atom stereocenters. The minimum atomic E-state index is 0.114. The predicted molar refractivity (Wildman–Crippen MR) is 173 cm³/mol. The lowest BCUT2D eigenvalue weighted by molar-refractivity contribution is 0.409. The molecule has 0 saturated carbocycles. The predicted octanol–water partition coefficient (Wildman–Crippen LogP) is 8.74. The van der Waals surface area contributed by atoms with Crippen LogP contribution in [0.25, 0.3) is 0 Å². The van der Waals surface area contributed by atoms with E-state index in [2.05, 4.69) is 58.2 Å². The van der Waals surface area contributed by atoms with Crippen molar-refractivity contribution in [3.05, 3.63) is 88.1 Å². The van der Waals surface area contributed by atoms with E-state index >= 15 is 0 Å². The largest absolute Gasteiger partial charge is 0.496 e. The lowest BCUT2D eigenvalue weighted by Crippen LogP contribution is -2.02. The Morgan fingerprint density at radius 3 is 2.36 bits per heavy atom. The van der Waals surface area contributed by atoms with E-state index in [9.17, 15) is 0 Å². The van der Waals surface area contributed by atoms with Crippen molar-refractivity contribution in [2.75, 3.05) is 7.11 Å². The Kier molecular flexibility index (Phi) is 18.7. The highest BCUT2D eigenvalue weighted by molar-refractivity contribution is 6.00. The molecule has 1 aromatic rings. The minimum absolute atomic E-state index is 0.114. The molecule has 3 N–H and O–H groups in total. The average Bonchev–Trinajstić information content (AvgIpc) is 2.90. The second-order valence-electron chi connectivity index (χ2n) is 9.48. The zero-order chi connectivity index (χ0) is 29.8. The van der Waals surface area contributed by atoms with E-state index in [0.717, 1.165) is 59.3 Å². The van der Waals surface area contributed by atoms with Crippen LogP contribution in [0.1, 0.15) is 85.8 Å². The number of benzene rings is 1. The number of hydrogen-bond acceptors (Lipinski definition) is 4. The number of allylic oxidation sites excluding steroid dienone is 8. The molecule has 1 rings (SSSR count). The van der Waals surface area contributed by atoms with Crippen molar-refractivity contribution in [1.82, 2.24) is 0 Å². The van der Waals surface area contributed by atoms with Crippen LogP contribution in [0, 0.1) is 17.3 Å².